The zero-order valence-electron chi connectivity index (χ0n) is 14.0. The van der Waals surface area contributed by atoms with E-state index in [-0.39, 0.29) is 11.7 Å². The van der Waals surface area contributed by atoms with Gasteiger partial charge in [0.25, 0.3) is 0 Å². The smallest absolute Gasteiger partial charge is 0.224 e. The highest BCUT2D eigenvalue weighted by atomic mass is 16.3. The van der Waals surface area contributed by atoms with Crippen LogP contribution < -0.4 is 5.32 Å². The number of nitrogens with one attached hydrogen (secondary N) is 1. The summed E-state index contributed by atoms with van der Waals surface area (Å²) in [6.07, 6.45) is 5.86. The van der Waals surface area contributed by atoms with Crippen molar-refractivity contribution in [3.8, 4) is 17.0 Å². The molecule has 1 aromatic carbocycles. The molecule has 1 amide bonds. The molecule has 5 heteroatoms. The van der Waals surface area contributed by atoms with Crippen molar-refractivity contribution in [3.63, 3.8) is 0 Å². The number of allylic oxidation sites excluding steroid dienone is 1. The summed E-state index contributed by atoms with van der Waals surface area (Å²) >= 11 is 0. The van der Waals surface area contributed by atoms with Gasteiger partial charge in [-0.05, 0) is 37.1 Å². The Bertz CT molecular complexity index is 760. The van der Waals surface area contributed by atoms with E-state index in [0.717, 1.165) is 5.69 Å². The van der Waals surface area contributed by atoms with Crippen LogP contribution in [0.2, 0.25) is 0 Å². The van der Waals surface area contributed by atoms with E-state index in [1.807, 2.05) is 16.8 Å². The molecule has 0 saturated heterocycles. The molecule has 1 aliphatic rings. The van der Waals surface area contributed by atoms with Crippen molar-refractivity contribution in [2.24, 2.45) is 0 Å². The number of aromatic nitrogens is 2. The molecule has 0 unspecified atom stereocenters. The summed E-state index contributed by atoms with van der Waals surface area (Å²) in [7, 11) is 0. The fraction of sp³-hybridized carbons (Fsp3) is 0.368. The van der Waals surface area contributed by atoms with Crippen LogP contribution in [0.1, 0.15) is 44.2 Å². The zero-order chi connectivity index (χ0) is 17.1. The quantitative estimate of drug-likeness (QED) is 0.622. The zero-order valence-corrected chi connectivity index (χ0v) is 14.0. The van der Waals surface area contributed by atoms with Gasteiger partial charge in [-0.15, -0.1) is 6.58 Å². The van der Waals surface area contributed by atoms with Gasteiger partial charge in [0, 0.05) is 29.3 Å². The van der Waals surface area contributed by atoms with Gasteiger partial charge in [0.1, 0.15) is 5.75 Å². The van der Waals surface area contributed by atoms with Crippen LogP contribution in [0, 0.1) is 0 Å². The van der Waals surface area contributed by atoms with E-state index in [4.69, 9.17) is 0 Å². The maximum Gasteiger partial charge on any atom is 0.224 e. The minimum absolute atomic E-state index is 0.0565. The highest BCUT2D eigenvalue weighted by Gasteiger charge is 2.25. The molecule has 1 saturated carbocycles. The Morgan fingerprint density at radius 1 is 1.46 bits per heavy atom. The van der Waals surface area contributed by atoms with Gasteiger partial charge >= 0.3 is 0 Å². The van der Waals surface area contributed by atoms with Crippen molar-refractivity contribution in [2.75, 3.05) is 5.32 Å². The average Bonchev–Trinajstić information content (AvgIpc) is 2.91. The molecule has 3 rings (SSSR count). The molecule has 1 aromatic heterocycles. The summed E-state index contributed by atoms with van der Waals surface area (Å²) < 4.78 is 1.96. The van der Waals surface area contributed by atoms with Crippen LogP contribution in [0.15, 0.2) is 36.9 Å². The topological polar surface area (TPSA) is 67.2 Å². The first kappa shape index (κ1) is 16.3. The van der Waals surface area contributed by atoms with Crippen molar-refractivity contribution in [1.29, 1.82) is 0 Å². The number of benzene rings is 1. The number of rotatable bonds is 6. The molecule has 5 nitrogen and oxygen atoms in total. The number of hydrogen-bond acceptors (Lipinski definition) is 3. The first-order valence-corrected chi connectivity index (χ1v) is 8.44. The fourth-order valence-corrected chi connectivity index (χ4v) is 2.93. The summed E-state index contributed by atoms with van der Waals surface area (Å²) in [6, 6.07) is 7.11. The Hall–Kier alpha value is -2.56. The molecule has 1 heterocycles. The number of nitrogens with zero attached hydrogens (tertiary/aromatic N) is 2. The predicted molar refractivity (Wildman–Crippen MR) is 95.0 cm³/mol. The molecule has 0 spiro atoms. The Balaban J connectivity index is 1.96. The third-order valence-electron chi connectivity index (χ3n) is 4.51. The SMILES string of the molecule is C=CCn1nc(-c2cc(NC(=O)CC)ccc2O)cc1C1CCC1. The molecule has 126 valence electrons. The first-order chi connectivity index (χ1) is 11.6. The number of carbonyl (C=O) groups excluding carboxylic acids is 1. The molecule has 2 aromatic rings. The van der Waals surface area contributed by atoms with Gasteiger partial charge in [-0.1, -0.05) is 19.4 Å². The Morgan fingerprint density at radius 2 is 2.25 bits per heavy atom. The maximum absolute atomic E-state index is 11.6. The summed E-state index contributed by atoms with van der Waals surface area (Å²) in [4.78, 5) is 11.6. The molecule has 2 N–H and O–H groups in total. The van der Waals surface area contributed by atoms with Crippen molar-refractivity contribution in [3.05, 3.63) is 42.6 Å². The Morgan fingerprint density at radius 3 is 2.88 bits per heavy atom. The van der Waals surface area contributed by atoms with E-state index in [0.29, 0.717) is 30.1 Å². The molecule has 1 aliphatic carbocycles. The number of amides is 1. The third kappa shape index (κ3) is 3.20. The number of phenols is 1. The Labute approximate surface area is 142 Å². The Kier molecular flexibility index (Phi) is 4.69. The van der Waals surface area contributed by atoms with E-state index in [9.17, 15) is 9.90 Å². The summed E-state index contributed by atoms with van der Waals surface area (Å²) in [6.45, 7) is 6.25. The molecular formula is C19H23N3O2. The lowest BCUT2D eigenvalue weighted by molar-refractivity contribution is -0.115. The van der Waals surface area contributed by atoms with Gasteiger partial charge in [0.05, 0.1) is 12.2 Å². The van der Waals surface area contributed by atoms with E-state index >= 15 is 0 Å². The van der Waals surface area contributed by atoms with Crippen molar-refractivity contribution in [2.45, 2.75) is 45.1 Å². The summed E-state index contributed by atoms with van der Waals surface area (Å²) in [5.41, 5.74) is 3.22. The monoisotopic (exact) mass is 325 g/mol. The highest BCUT2D eigenvalue weighted by molar-refractivity contribution is 5.91. The molecule has 0 bridgehead atoms. The minimum Gasteiger partial charge on any atom is -0.507 e. The molecule has 0 radical (unpaired) electrons. The number of phenolic OH excluding ortho intramolecular Hbond substituents is 1. The second-order valence-corrected chi connectivity index (χ2v) is 6.19. The lowest BCUT2D eigenvalue weighted by Gasteiger charge is -2.25. The van der Waals surface area contributed by atoms with Crippen LogP contribution in [0.5, 0.6) is 5.75 Å². The first-order valence-electron chi connectivity index (χ1n) is 8.44. The lowest BCUT2D eigenvalue weighted by atomic mass is 9.82. The minimum atomic E-state index is -0.0565. The number of hydrogen-bond donors (Lipinski definition) is 2. The summed E-state index contributed by atoms with van der Waals surface area (Å²) in [5, 5.41) is 17.7. The van der Waals surface area contributed by atoms with Crippen LogP contribution in [0.25, 0.3) is 11.3 Å². The maximum atomic E-state index is 11.6. The third-order valence-corrected chi connectivity index (χ3v) is 4.51. The lowest BCUT2D eigenvalue weighted by Crippen LogP contribution is -2.14. The van der Waals surface area contributed by atoms with Crippen molar-refractivity contribution >= 4 is 11.6 Å². The van der Waals surface area contributed by atoms with E-state index in [1.54, 1.807) is 25.1 Å². The van der Waals surface area contributed by atoms with Gasteiger partial charge < -0.3 is 10.4 Å². The summed E-state index contributed by atoms with van der Waals surface area (Å²) in [5.74, 6) is 0.642. The van der Waals surface area contributed by atoms with Gasteiger partial charge in [-0.25, -0.2) is 0 Å². The molecular weight excluding hydrogens is 302 g/mol. The van der Waals surface area contributed by atoms with Gasteiger partial charge in [-0.3, -0.25) is 9.48 Å². The van der Waals surface area contributed by atoms with Crippen LogP contribution in [-0.2, 0) is 11.3 Å². The average molecular weight is 325 g/mol. The fourth-order valence-electron chi connectivity index (χ4n) is 2.93. The molecule has 24 heavy (non-hydrogen) atoms. The number of carbonyl (C=O) groups is 1. The van der Waals surface area contributed by atoms with Crippen LogP contribution in [0.4, 0.5) is 5.69 Å². The molecule has 0 atom stereocenters. The highest BCUT2D eigenvalue weighted by Crippen LogP contribution is 2.39. The van der Waals surface area contributed by atoms with E-state index in [2.05, 4.69) is 17.0 Å². The second-order valence-electron chi connectivity index (χ2n) is 6.19. The van der Waals surface area contributed by atoms with E-state index in [1.165, 1.54) is 25.0 Å². The van der Waals surface area contributed by atoms with Gasteiger partial charge in [-0.2, -0.15) is 5.10 Å². The normalized spacial score (nSPS) is 14.2. The largest absolute Gasteiger partial charge is 0.507 e. The van der Waals surface area contributed by atoms with Gasteiger partial charge in [0.15, 0.2) is 0 Å². The second kappa shape index (κ2) is 6.91. The number of aromatic hydroxyl groups is 1. The molecule has 1 fully saturated rings. The molecule has 0 aliphatic heterocycles. The van der Waals surface area contributed by atoms with Crippen LogP contribution in [0.3, 0.4) is 0 Å². The number of anilines is 1. The van der Waals surface area contributed by atoms with Crippen molar-refractivity contribution < 1.29 is 9.90 Å². The van der Waals surface area contributed by atoms with E-state index < -0.39 is 0 Å². The van der Waals surface area contributed by atoms with Crippen molar-refractivity contribution in [1.82, 2.24) is 9.78 Å². The van der Waals surface area contributed by atoms with Crippen LogP contribution in [-0.4, -0.2) is 20.8 Å². The van der Waals surface area contributed by atoms with Gasteiger partial charge in [0.2, 0.25) is 5.91 Å². The van der Waals surface area contributed by atoms with Crippen LogP contribution >= 0.6 is 0 Å². The predicted octanol–water partition coefficient (Wildman–Crippen LogP) is 4.06. The standard InChI is InChI=1S/C19H23N3O2/c1-3-10-22-17(13-6-5-7-13)12-16(21-22)15-11-14(8-9-18(15)23)20-19(24)4-2/h3,8-9,11-13,23H,1,4-7,10H2,2H3,(H,20,24).